The van der Waals surface area contributed by atoms with Crippen molar-refractivity contribution in [1.82, 2.24) is 4.98 Å². The summed E-state index contributed by atoms with van der Waals surface area (Å²) in [6.07, 6.45) is 1.70. The normalized spacial score (nSPS) is 12.9. The Labute approximate surface area is 82.4 Å². The number of hydrogen-bond donors (Lipinski definition) is 3. The minimum absolute atomic E-state index is 0.149. The molecular formula is C11H13N3. The van der Waals surface area contributed by atoms with Crippen molar-refractivity contribution in [2.45, 2.75) is 6.04 Å². The van der Waals surface area contributed by atoms with Crippen molar-refractivity contribution in [2.24, 2.45) is 5.73 Å². The van der Waals surface area contributed by atoms with Gasteiger partial charge in [0.2, 0.25) is 0 Å². The topological polar surface area (TPSA) is 67.8 Å². The Morgan fingerprint density at radius 2 is 2.14 bits per heavy atom. The number of fused-ring (bicyclic) bond motifs is 1. The van der Waals surface area contributed by atoms with E-state index < -0.39 is 0 Å². The highest BCUT2D eigenvalue weighted by atomic mass is 14.8. The molecule has 5 N–H and O–H groups in total. The number of nitrogens with one attached hydrogen (secondary N) is 1. The highest BCUT2D eigenvalue weighted by molar-refractivity contribution is 5.83. The molecule has 0 saturated carbocycles. The molecule has 0 saturated heterocycles. The van der Waals surface area contributed by atoms with Crippen molar-refractivity contribution in [3.8, 4) is 0 Å². The second-order valence-corrected chi connectivity index (χ2v) is 3.33. The Morgan fingerprint density at radius 1 is 1.36 bits per heavy atom. The predicted octanol–water partition coefficient (Wildman–Crippen LogP) is 1.94. The van der Waals surface area contributed by atoms with Gasteiger partial charge in [-0.05, 0) is 23.6 Å². The maximum atomic E-state index is 5.82. The number of benzene rings is 1. The number of anilines is 1. The van der Waals surface area contributed by atoms with E-state index in [0.29, 0.717) is 0 Å². The van der Waals surface area contributed by atoms with Crippen LogP contribution in [-0.4, -0.2) is 4.98 Å². The van der Waals surface area contributed by atoms with Gasteiger partial charge in [0.15, 0.2) is 0 Å². The molecule has 0 amide bonds. The molecule has 1 atom stereocenters. The van der Waals surface area contributed by atoms with Gasteiger partial charge in [-0.25, -0.2) is 0 Å². The van der Waals surface area contributed by atoms with Crippen molar-refractivity contribution in [2.75, 3.05) is 5.73 Å². The van der Waals surface area contributed by atoms with Gasteiger partial charge < -0.3 is 16.5 Å². The zero-order chi connectivity index (χ0) is 10.1. The van der Waals surface area contributed by atoms with E-state index in [4.69, 9.17) is 11.5 Å². The SMILES string of the molecule is C=CC(N)c1cc2ccc(N)cc2[nH]1. The first-order valence-corrected chi connectivity index (χ1v) is 4.47. The molecule has 0 spiro atoms. The average Bonchev–Trinajstić information content (AvgIpc) is 2.59. The lowest BCUT2D eigenvalue weighted by molar-refractivity contribution is 0.880. The van der Waals surface area contributed by atoms with Gasteiger partial charge in [-0.3, -0.25) is 0 Å². The molecule has 1 heterocycles. The van der Waals surface area contributed by atoms with Crippen LogP contribution in [0.4, 0.5) is 5.69 Å². The summed E-state index contributed by atoms with van der Waals surface area (Å²) in [5.41, 5.74) is 14.2. The molecule has 2 aromatic rings. The molecule has 1 aromatic heterocycles. The largest absolute Gasteiger partial charge is 0.399 e. The van der Waals surface area contributed by atoms with Gasteiger partial charge in [-0.2, -0.15) is 0 Å². The van der Waals surface area contributed by atoms with Gasteiger partial charge in [-0.15, -0.1) is 6.58 Å². The summed E-state index contributed by atoms with van der Waals surface area (Å²) in [6.45, 7) is 3.66. The number of H-pyrrole nitrogens is 1. The van der Waals surface area contributed by atoms with Gasteiger partial charge in [0.25, 0.3) is 0 Å². The number of nitrogen functional groups attached to an aromatic ring is 1. The number of aromatic amines is 1. The third-order valence-corrected chi connectivity index (χ3v) is 2.28. The van der Waals surface area contributed by atoms with Crippen molar-refractivity contribution in [1.29, 1.82) is 0 Å². The van der Waals surface area contributed by atoms with Crippen molar-refractivity contribution in [3.05, 3.63) is 42.6 Å². The Bertz CT molecular complexity index is 470. The van der Waals surface area contributed by atoms with Crippen LogP contribution in [0.1, 0.15) is 11.7 Å². The van der Waals surface area contributed by atoms with E-state index in [2.05, 4.69) is 11.6 Å². The number of rotatable bonds is 2. The van der Waals surface area contributed by atoms with Gasteiger partial charge in [0.05, 0.1) is 6.04 Å². The molecule has 3 nitrogen and oxygen atoms in total. The van der Waals surface area contributed by atoms with Crippen LogP contribution in [0.2, 0.25) is 0 Å². The molecular weight excluding hydrogens is 174 g/mol. The summed E-state index contributed by atoms with van der Waals surface area (Å²) in [5.74, 6) is 0. The minimum atomic E-state index is -0.149. The lowest BCUT2D eigenvalue weighted by Crippen LogP contribution is -2.06. The number of aromatic nitrogens is 1. The van der Waals surface area contributed by atoms with Gasteiger partial charge in [0, 0.05) is 16.9 Å². The summed E-state index contributed by atoms with van der Waals surface area (Å²) in [5, 5.41) is 1.12. The van der Waals surface area contributed by atoms with E-state index in [-0.39, 0.29) is 6.04 Å². The molecule has 0 aliphatic carbocycles. The molecule has 0 fully saturated rings. The van der Waals surface area contributed by atoms with E-state index in [1.807, 2.05) is 24.3 Å². The van der Waals surface area contributed by atoms with Crippen LogP contribution in [0.25, 0.3) is 10.9 Å². The van der Waals surface area contributed by atoms with Crippen LogP contribution in [0.5, 0.6) is 0 Å². The van der Waals surface area contributed by atoms with E-state index in [9.17, 15) is 0 Å². The zero-order valence-electron chi connectivity index (χ0n) is 7.83. The fourth-order valence-electron chi connectivity index (χ4n) is 1.47. The second-order valence-electron chi connectivity index (χ2n) is 3.33. The molecule has 1 aromatic carbocycles. The molecule has 72 valence electrons. The maximum Gasteiger partial charge on any atom is 0.0631 e. The predicted molar refractivity (Wildman–Crippen MR) is 59.8 cm³/mol. The van der Waals surface area contributed by atoms with E-state index in [0.717, 1.165) is 22.3 Å². The smallest absolute Gasteiger partial charge is 0.0631 e. The van der Waals surface area contributed by atoms with Crippen LogP contribution < -0.4 is 11.5 Å². The first-order chi connectivity index (χ1) is 6.70. The lowest BCUT2D eigenvalue weighted by atomic mass is 10.2. The molecule has 14 heavy (non-hydrogen) atoms. The second kappa shape index (κ2) is 3.20. The van der Waals surface area contributed by atoms with Crippen LogP contribution in [-0.2, 0) is 0 Å². The van der Waals surface area contributed by atoms with Gasteiger partial charge in [0.1, 0.15) is 0 Å². The van der Waals surface area contributed by atoms with Crippen LogP contribution in [0, 0.1) is 0 Å². The number of hydrogen-bond acceptors (Lipinski definition) is 2. The number of nitrogens with two attached hydrogens (primary N) is 2. The Kier molecular flexibility index (Phi) is 2.02. The first kappa shape index (κ1) is 8.84. The fourth-order valence-corrected chi connectivity index (χ4v) is 1.47. The van der Waals surface area contributed by atoms with Crippen LogP contribution in [0.3, 0.4) is 0 Å². The summed E-state index contributed by atoms with van der Waals surface area (Å²) >= 11 is 0. The monoisotopic (exact) mass is 187 g/mol. The molecule has 0 bridgehead atoms. The lowest BCUT2D eigenvalue weighted by Gasteiger charge is -2.00. The summed E-state index contributed by atoms with van der Waals surface area (Å²) in [7, 11) is 0. The minimum Gasteiger partial charge on any atom is -0.399 e. The summed E-state index contributed by atoms with van der Waals surface area (Å²) in [4.78, 5) is 3.21. The third kappa shape index (κ3) is 1.38. The van der Waals surface area contributed by atoms with Crippen molar-refractivity contribution >= 4 is 16.6 Å². The third-order valence-electron chi connectivity index (χ3n) is 2.28. The van der Waals surface area contributed by atoms with Gasteiger partial charge in [-0.1, -0.05) is 12.1 Å². The molecule has 3 heteroatoms. The van der Waals surface area contributed by atoms with E-state index in [1.165, 1.54) is 0 Å². The molecule has 0 radical (unpaired) electrons. The van der Waals surface area contributed by atoms with E-state index in [1.54, 1.807) is 6.08 Å². The highest BCUT2D eigenvalue weighted by Crippen LogP contribution is 2.21. The summed E-state index contributed by atoms with van der Waals surface area (Å²) < 4.78 is 0. The van der Waals surface area contributed by atoms with Gasteiger partial charge >= 0.3 is 0 Å². The van der Waals surface area contributed by atoms with E-state index >= 15 is 0 Å². The van der Waals surface area contributed by atoms with Crippen LogP contribution >= 0.6 is 0 Å². The Morgan fingerprint density at radius 3 is 2.86 bits per heavy atom. The zero-order valence-corrected chi connectivity index (χ0v) is 7.83. The molecule has 0 aliphatic rings. The van der Waals surface area contributed by atoms with Crippen molar-refractivity contribution in [3.63, 3.8) is 0 Å². The summed E-state index contributed by atoms with van der Waals surface area (Å²) in [6, 6.07) is 7.61. The van der Waals surface area contributed by atoms with Crippen molar-refractivity contribution < 1.29 is 0 Å². The Hall–Kier alpha value is -1.74. The standard InChI is InChI=1S/C11H13N3/c1-2-9(13)11-5-7-3-4-8(12)6-10(7)14-11/h2-6,9,14H,1,12-13H2. The highest BCUT2D eigenvalue weighted by Gasteiger charge is 2.05. The Balaban J connectivity index is 2.56. The maximum absolute atomic E-state index is 5.82. The molecule has 2 rings (SSSR count). The molecule has 0 aliphatic heterocycles. The quantitative estimate of drug-likeness (QED) is 0.496. The average molecular weight is 187 g/mol. The van der Waals surface area contributed by atoms with Crippen LogP contribution in [0.15, 0.2) is 36.9 Å². The molecule has 1 unspecified atom stereocenters. The first-order valence-electron chi connectivity index (χ1n) is 4.47. The fraction of sp³-hybridized carbons (Fsp3) is 0.0909.